The van der Waals surface area contributed by atoms with Crippen LogP contribution in [0.1, 0.15) is 43.2 Å². The molecule has 2 aromatic rings. The highest BCUT2D eigenvalue weighted by Crippen LogP contribution is 2.20. The predicted molar refractivity (Wildman–Crippen MR) is 91.6 cm³/mol. The van der Waals surface area contributed by atoms with Crippen molar-refractivity contribution in [2.24, 2.45) is 4.99 Å². The highest BCUT2D eigenvalue weighted by Gasteiger charge is 2.10. The Morgan fingerprint density at radius 1 is 1.04 bits per heavy atom. The summed E-state index contributed by atoms with van der Waals surface area (Å²) in [5.41, 5.74) is 1.92. The fraction of sp³-hybridized carbons (Fsp3) is 0.350. The van der Waals surface area contributed by atoms with Gasteiger partial charge >= 0.3 is 0 Å². The van der Waals surface area contributed by atoms with Gasteiger partial charge in [-0.05, 0) is 60.4 Å². The molecule has 23 heavy (non-hydrogen) atoms. The van der Waals surface area contributed by atoms with Gasteiger partial charge in [0.15, 0.2) is 0 Å². The van der Waals surface area contributed by atoms with Crippen LogP contribution in [0.4, 0.5) is 4.39 Å². The first kappa shape index (κ1) is 15.7. The van der Waals surface area contributed by atoms with Crippen LogP contribution in [0.3, 0.4) is 0 Å². The average Bonchev–Trinajstić information content (AvgIpc) is 2.60. The zero-order chi connectivity index (χ0) is 15.9. The molecule has 0 radical (unpaired) electrons. The lowest BCUT2D eigenvalue weighted by atomic mass is 9.96. The maximum atomic E-state index is 13.1. The minimum atomic E-state index is -0.236. The number of halogens is 1. The van der Waals surface area contributed by atoms with Crippen LogP contribution in [0, 0.1) is 5.82 Å². The quantitative estimate of drug-likeness (QED) is 0.699. The Bertz CT molecular complexity index is 645. The van der Waals surface area contributed by atoms with Crippen molar-refractivity contribution in [1.29, 1.82) is 0 Å². The van der Waals surface area contributed by atoms with Crippen LogP contribution >= 0.6 is 0 Å². The first-order chi connectivity index (χ1) is 11.3. The first-order valence-electron chi connectivity index (χ1n) is 8.30. The molecule has 0 amide bonds. The van der Waals surface area contributed by atoms with Gasteiger partial charge in [0.1, 0.15) is 18.2 Å². The number of aliphatic imine (C=N–C) groups is 1. The lowest BCUT2D eigenvalue weighted by Crippen LogP contribution is -2.09. The number of hydrogen-bond acceptors (Lipinski definition) is 2. The summed E-state index contributed by atoms with van der Waals surface area (Å²) in [4.78, 5) is 4.68. The maximum Gasteiger partial charge on any atom is 0.123 e. The summed E-state index contributed by atoms with van der Waals surface area (Å²) in [6.45, 7) is 0.368. The predicted octanol–water partition coefficient (Wildman–Crippen LogP) is 5.16. The Hall–Kier alpha value is -2.16. The van der Waals surface area contributed by atoms with Crippen molar-refractivity contribution in [3.05, 3.63) is 65.5 Å². The monoisotopic (exact) mass is 311 g/mol. The molecule has 120 valence electrons. The Morgan fingerprint density at radius 3 is 2.57 bits per heavy atom. The van der Waals surface area contributed by atoms with E-state index in [4.69, 9.17) is 4.74 Å². The molecule has 0 saturated heterocycles. The van der Waals surface area contributed by atoms with Crippen LogP contribution < -0.4 is 4.74 Å². The van der Waals surface area contributed by atoms with Crippen molar-refractivity contribution >= 4 is 6.21 Å². The second-order valence-corrected chi connectivity index (χ2v) is 6.06. The van der Waals surface area contributed by atoms with E-state index in [1.807, 2.05) is 36.5 Å². The molecule has 0 heterocycles. The molecule has 1 fully saturated rings. The van der Waals surface area contributed by atoms with E-state index >= 15 is 0 Å². The molecule has 1 saturated carbocycles. The normalized spacial score (nSPS) is 15.9. The topological polar surface area (TPSA) is 21.6 Å². The summed E-state index contributed by atoms with van der Waals surface area (Å²) in [7, 11) is 0. The van der Waals surface area contributed by atoms with Gasteiger partial charge < -0.3 is 4.74 Å². The molecule has 0 aromatic heterocycles. The molecule has 1 aliphatic carbocycles. The molecular weight excluding hydrogens is 289 g/mol. The molecule has 2 aromatic carbocycles. The van der Waals surface area contributed by atoms with Crippen molar-refractivity contribution in [2.75, 3.05) is 0 Å². The molecule has 0 atom stereocenters. The second-order valence-electron chi connectivity index (χ2n) is 6.06. The molecule has 2 nitrogen and oxygen atoms in total. The maximum absolute atomic E-state index is 13.1. The standard InChI is InChI=1S/C20H22FNO/c21-18-6-4-5-17(13-18)15-23-20-11-9-16(10-12-20)14-22-19-7-2-1-3-8-19/h4-6,9-14,19H,1-3,7-8,15H2/b22-14+. The summed E-state index contributed by atoms with van der Waals surface area (Å²) >= 11 is 0. The summed E-state index contributed by atoms with van der Waals surface area (Å²) in [5, 5.41) is 0. The van der Waals surface area contributed by atoms with E-state index in [0.717, 1.165) is 16.9 Å². The van der Waals surface area contributed by atoms with Gasteiger partial charge in [0.25, 0.3) is 0 Å². The summed E-state index contributed by atoms with van der Waals surface area (Å²) < 4.78 is 18.8. The summed E-state index contributed by atoms with van der Waals surface area (Å²) in [5.74, 6) is 0.546. The van der Waals surface area contributed by atoms with E-state index in [-0.39, 0.29) is 5.82 Å². The molecule has 0 aliphatic heterocycles. The van der Waals surface area contributed by atoms with Crippen LogP contribution in [0.25, 0.3) is 0 Å². The van der Waals surface area contributed by atoms with Crippen molar-refractivity contribution < 1.29 is 9.13 Å². The number of hydrogen-bond donors (Lipinski definition) is 0. The van der Waals surface area contributed by atoms with Gasteiger partial charge in [-0.3, -0.25) is 4.99 Å². The fourth-order valence-corrected chi connectivity index (χ4v) is 2.87. The molecular formula is C20H22FNO. The van der Waals surface area contributed by atoms with Gasteiger partial charge in [-0.25, -0.2) is 4.39 Å². The lowest BCUT2D eigenvalue weighted by Gasteiger charge is -2.17. The zero-order valence-electron chi connectivity index (χ0n) is 13.2. The molecule has 3 heteroatoms. The summed E-state index contributed by atoms with van der Waals surface area (Å²) in [6.07, 6.45) is 8.34. The first-order valence-corrected chi connectivity index (χ1v) is 8.30. The molecule has 0 bridgehead atoms. The van der Waals surface area contributed by atoms with Crippen LogP contribution in [0.2, 0.25) is 0 Å². The number of ether oxygens (including phenoxy) is 1. The second kappa shape index (κ2) is 7.91. The molecule has 3 rings (SSSR count). The van der Waals surface area contributed by atoms with E-state index in [2.05, 4.69) is 4.99 Å². The van der Waals surface area contributed by atoms with Crippen LogP contribution in [-0.4, -0.2) is 12.3 Å². The highest BCUT2D eigenvalue weighted by molar-refractivity contribution is 5.79. The minimum Gasteiger partial charge on any atom is -0.489 e. The van der Waals surface area contributed by atoms with Gasteiger partial charge in [0.05, 0.1) is 0 Å². The third-order valence-corrected chi connectivity index (χ3v) is 4.18. The van der Waals surface area contributed by atoms with Crippen molar-refractivity contribution in [3.63, 3.8) is 0 Å². The number of rotatable bonds is 5. The van der Waals surface area contributed by atoms with Gasteiger partial charge in [0, 0.05) is 12.3 Å². The van der Waals surface area contributed by atoms with Crippen LogP contribution in [-0.2, 0) is 6.61 Å². The Balaban J connectivity index is 1.53. The van der Waals surface area contributed by atoms with E-state index in [1.165, 1.54) is 44.2 Å². The Labute approximate surface area is 137 Å². The molecule has 0 N–H and O–H groups in total. The Kier molecular flexibility index (Phi) is 5.41. The van der Waals surface area contributed by atoms with Crippen LogP contribution in [0.15, 0.2) is 53.5 Å². The van der Waals surface area contributed by atoms with Gasteiger partial charge in [0.2, 0.25) is 0 Å². The molecule has 0 spiro atoms. The zero-order valence-corrected chi connectivity index (χ0v) is 13.2. The van der Waals surface area contributed by atoms with Crippen molar-refractivity contribution in [2.45, 2.75) is 44.8 Å². The minimum absolute atomic E-state index is 0.236. The smallest absolute Gasteiger partial charge is 0.123 e. The van der Waals surface area contributed by atoms with E-state index in [0.29, 0.717) is 12.6 Å². The fourth-order valence-electron chi connectivity index (χ4n) is 2.87. The third-order valence-electron chi connectivity index (χ3n) is 4.18. The molecule has 0 unspecified atom stereocenters. The number of benzene rings is 2. The van der Waals surface area contributed by atoms with E-state index in [9.17, 15) is 4.39 Å². The third kappa shape index (κ3) is 4.92. The number of nitrogens with zero attached hydrogens (tertiary/aromatic N) is 1. The SMILES string of the molecule is Fc1cccc(COc2ccc(/C=N/C3CCCCC3)cc2)c1. The average molecular weight is 311 g/mol. The van der Waals surface area contributed by atoms with Gasteiger partial charge in [-0.15, -0.1) is 0 Å². The molecule has 1 aliphatic rings. The highest BCUT2D eigenvalue weighted by atomic mass is 19.1. The van der Waals surface area contributed by atoms with Gasteiger partial charge in [-0.2, -0.15) is 0 Å². The largest absolute Gasteiger partial charge is 0.489 e. The lowest BCUT2D eigenvalue weighted by molar-refractivity contribution is 0.305. The van der Waals surface area contributed by atoms with Crippen molar-refractivity contribution in [3.8, 4) is 5.75 Å². The van der Waals surface area contributed by atoms with Crippen molar-refractivity contribution in [1.82, 2.24) is 0 Å². The van der Waals surface area contributed by atoms with E-state index < -0.39 is 0 Å². The summed E-state index contributed by atoms with van der Waals surface area (Å²) in [6, 6.07) is 14.8. The van der Waals surface area contributed by atoms with Crippen LogP contribution in [0.5, 0.6) is 5.75 Å². The van der Waals surface area contributed by atoms with Gasteiger partial charge in [-0.1, -0.05) is 31.4 Å². The Morgan fingerprint density at radius 2 is 1.83 bits per heavy atom. The van der Waals surface area contributed by atoms with E-state index in [1.54, 1.807) is 6.07 Å².